The zero-order valence-corrected chi connectivity index (χ0v) is 15.0. The van der Waals surface area contributed by atoms with Gasteiger partial charge >= 0.3 is 0 Å². The Morgan fingerprint density at radius 1 is 1.11 bits per heavy atom. The molecule has 0 N–H and O–H groups in total. The van der Waals surface area contributed by atoms with Crippen molar-refractivity contribution in [3.8, 4) is 11.5 Å². The maximum atomic E-state index is 6.54. The molecule has 1 heterocycles. The Hall–Kier alpha value is -0.230. The smallest absolute Gasteiger partial charge is 0.161 e. The summed E-state index contributed by atoms with van der Waals surface area (Å²) in [7, 11) is 3.22. The van der Waals surface area contributed by atoms with E-state index in [0.717, 1.165) is 18.7 Å². The van der Waals surface area contributed by atoms with Crippen molar-refractivity contribution in [1.29, 1.82) is 0 Å². The van der Waals surface area contributed by atoms with Gasteiger partial charge in [0.1, 0.15) is 0 Å². The first-order valence-corrected chi connectivity index (χ1v) is 8.21. The van der Waals surface area contributed by atoms with Crippen LogP contribution in [0.5, 0.6) is 11.5 Å². The largest absolute Gasteiger partial charge is 0.493 e. The van der Waals surface area contributed by atoms with Crippen molar-refractivity contribution >= 4 is 54.8 Å². The van der Waals surface area contributed by atoms with E-state index in [1.165, 1.54) is 0 Å². The Labute approximate surface area is 137 Å². The average molecular weight is 427 g/mol. The molecule has 0 radical (unpaired) electrons. The summed E-state index contributed by atoms with van der Waals surface area (Å²) in [6.07, 6.45) is 0. The summed E-state index contributed by atoms with van der Waals surface area (Å²) in [5.74, 6) is 1.34. The fraction of sp³-hybridized carbons (Fsp3) is 0.231. The lowest BCUT2D eigenvalue weighted by Gasteiger charge is -2.14. The molecule has 0 aliphatic carbocycles. The minimum absolute atomic E-state index is 0.231. The maximum absolute atomic E-state index is 6.54. The fourth-order valence-electron chi connectivity index (χ4n) is 1.68. The van der Waals surface area contributed by atoms with E-state index in [1.54, 1.807) is 25.6 Å². The quantitative estimate of drug-likeness (QED) is 0.591. The van der Waals surface area contributed by atoms with Gasteiger partial charge in [-0.2, -0.15) is 0 Å². The van der Waals surface area contributed by atoms with Crippen LogP contribution in [-0.4, -0.2) is 14.2 Å². The predicted molar refractivity (Wildman–Crippen MR) is 87.0 cm³/mol. The molecule has 2 aromatic rings. The molecular weight excluding hydrogens is 415 g/mol. The standard InChI is InChI=1S/C13H11Br2ClO2S/c1-17-9-5-7(8(14)6-10(9)18-2)13(16)11-3-4-12(15)19-11/h3-6,13H,1-2H3. The fourth-order valence-corrected chi connectivity index (χ4v) is 4.17. The second-order valence-electron chi connectivity index (χ2n) is 3.73. The Morgan fingerprint density at radius 2 is 1.74 bits per heavy atom. The molecule has 1 atom stereocenters. The van der Waals surface area contributed by atoms with E-state index in [2.05, 4.69) is 31.9 Å². The van der Waals surface area contributed by atoms with Crippen molar-refractivity contribution < 1.29 is 9.47 Å². The lowest BCUT2D eigenvalue weighted by Crippen LogP contribution is -1.96. The van der Waals surface area contributed by atoms with E-state index in [1.807, 2.05) is 24.3 Å². The third-order valence-corrected chi connectivity index (χ3v) is 5.59. The minimum atomic E-state index is -0.231. The zero-order chi connectivity index (χ0) is 14.0. The molecule has 0 amide bonds. The van der Waals surface area contributed by atoms with Crippen LogP contribution < -0.4 is 9.47 Å². The Bertz CT molecular complexity index is 586. The lowest BCUT2D eigenvalue weighted by molar-refractivity contribution is 0.354. The number of ether oxygens (including phenoxy) is 2. The van der Waals surface area contributed by atoms with Crippen LogP contribution in [0.3, 0.4) is 0 Å². The Morgan fingerprint density at radius 3 is 2.26 bits per heavy atom. The number of rotatable bonds is 4. The van der Waals surface area contributed by atoms with Crippen LogP contribution in [-0.2, 0) is 0 Å². The normalized spacial score (nSPS) is 12.3. The SMILES string of the molecule is COc1cc(Br)c(C(Cl)c2ccc(Br)s2)cc1OC. The van der Waals surface area contributed by atoms with Gasteiger partial charge in [0.05, 0.1) is 23.4 Å². The molecule has 1 aromatic heterocycles. The number of hydrogen-bond donors (Lipinski definition) is 0. The number of alkyl halides is 1. The molecule has 0 aliphatic rings. The van der Waals surface area contributed by atoms with E-state index in [9.17, 15) is 0 Å². The van der Waals surface area contributed by atoms with E-state index in [0.29, 0.717) is 11.5 Å². The molecule has 0 spiro atoms. The molecule has 19 heavy (non-hydrogen) atoms. The van der Waals surface area contributed by atoms with Gasteiger partial charge in [0, 0.05) is 9.35 Å². The van der Waals surface area contributed by atoms with E-state index in [4.69, 9.17) is 21.1 Å². The van der Waals surface area contributed by atoms with Gasteiger partial charge in [0.2, 0.25) is 0 Å². The molecule has 1 unspecified atom stereocenters. The van der Waals surface area contributed by atoms with E-state index < -0.39 is 0 Å². The van der Waals surface area contributed by atoms with Crippen LogP contribution in [0.2, 0.25) is 0 Å². The van der Waals surface area contributed by atoms with Gasteiger partial charge in [0.25, 0.3) is 0 Å². The number of halogens is 3. The van der Waals surface area contributed by atoms with Crippen LogP contribution in [0.1, 0.15) is 15.8 Å². The minimum Gasteiger partial charge on any atom is -0.493 e. The number of benzene rings is 1. The number of thiophene rings is 1. The third-order valence-electron chi connectivity index (χ3n) is 2.62. The zero-order valence-electron chi connectivity index (χ0n) is 10.2. The summed E-state index contributed by atoms with van der Waals surface area (Å²) < 4.78 is 12.5. The molecule has 2 rings (SSSR count). The molecule has 0 aliphatic heterocycles. The molecule has 0 fully saturated rings. The van der Waals surface area contributed by atoms with Crippen molar-refractivity contribution in [2.24, 2.45) is 0 Å². The second kappa shape index (κ2) is 6.48. The van der Waals surface area contributed by atoms with Crippen LogP contribution in [0.25, 0.3) is 0 Å². The van der Waals surface area contributed by atoms with Crippen molar-refractivity contribution in [1.82, 2.24) is 0 Å². The van der Waals surface area contributed by atoms with Gasteiger partial charge in [-0.3, -0.25) is 0 Å². The van der Waals surface area contributed by atoms with Gasteiger partial charge in [0.15, 0.2) is 11.5 Å². The lowest BCUT2D eigenvalue weighted by atomic mass is 10.1. The summed E-state index contributed by atoms with van der Waals surface area (Å²) in [5.41, 5.74) is 0.952. The van der Waals surface area contributed by atoms with Crippen molar-refractivity contribution in [2.75, 3.05) is 14.2 Å². The molecule has 1 aromatic carbocycles. The Kier molecular flexibility index (Phi) is 5.17. The molecule has 0 bridgehead atoms. The molecule has 0 saturated heterocycles. The average Bonchev–Trinajstić information content (AvgIpc) is 2.84. The molecule has 6 heteroatoms. The summed E-state index contributed by atoms with van der Waals surface area (Å²) >= 11 is 15.1. The maximum Gasteiger partial charge on any atom is 0.161 e. The monoisotopic (exact) mass is 424 g/mol. The van der Waals surface area contributed by atoms with E-state index >= 15 is 0 Å². The highest BCUT2D eigenvalue weighted by atomic mass is 79.9. The molecule has 102 valence electrons. The van der Waals surface area contributed by atoms with Crippen molar-refractivity contribution in [2.45, 2.75) is 5.38 Å². The van der Waals surface area contributed by atoms with Gasteiger partial charge in [-0.25, -0.2) is 0 Å². The summed E-state index contributed by atoms with van der Waals surface area (Å²) in [4.78, 5) is 1.07. The Balaban J connectivity index is 2.44. The summed E-state index contributed by atoms with van der Waals surface area (Å²) in [5, 5.41) is -0.231. The van der Waals surface area contributed by atoms with Crippen LogP contribution in [0.4, 0.5) is 0 Å². The first-order valence-electron chi connectivity index (χ1n) is 5.37. The second-order valence-corrected chi connectivity index (χ2v) is 7.52. The van der Waals surface area contributed by atoms with Crippen molar-refractivity contribution in [3.05, 3.63) is 43.0 Å². The summed E-state index contributed by atoms with van der Waals surface area (Å²) in [6, 6.07) is 7.76. The first-order chi connectivity index (χ1) is 9.06. The van der Waals surface area contributed by atoms with Gasteiger partial charge in [-0.05, 0) is 45.8 Å². The molecular formula is C13H11Br2ClO2S. The number of methoxy groups -OCH3 is 2. The highest BCUT2D eigenvalue weighted by molar-refractivity contribution is 9.11. The summed E-state index contributed by atoms with van der Waals surface area (Å²) in [6.45, 7) is 0. The van der Waals surface area contributed by atoms with E-state index in [-0.39, 0.29) is 5.38 Å². The van der Waals surface area contributed by atoms with Crippen LogP contribution in [0, 0.1) is 0 Å². The highest BCUT2D eigenvalue weighted by Gasteiger charge is 2.19. The van der Waals surface area contributed by atoms with Crippen LogP contribution in [0.15, 0.2) is 32.5 Å². The van der Waals surface area contributed by atoms with Crippen molar-refractivity contribution in [3.63, 3.8) is 0 Å². The predicted octanol–water partition coefficient (Wildman–Crippen LogP) is 5.62. The number of hydrogen-bond acceptors (Lipinski definition) is 3. The highest BCUT2D eigenvalue weighted by Crippen LogP contribution is 2.42. The van der Waals surface area contributed by atoms with Gasteiger partial charge in [-0.15, -0.1) is 22.9 Å². The molecule has 2 nitrogen and oxygen atoms in total. The van der Waals surface area contributed by atoms with Gasteiger partial charge in [-0.1, -0.05) is 15.9 Å². The third kappa shape index (κ3) is 3.27. The topological polar surface area (TPSA) is 18.5 Å². The van der Waals surface area contributed by atoms with Crippen LogP contribution >= 0.6 is 54.8 Å². The first kappa shape index (κ1) is 15.2. The van der Waals surface area contributed by atoms with Gasteiger partial charge < -0.3 is 9.47 Å². The molecule has 0 saturated carbocycles.